The second kappa shape index (κ2) is 3.78. The Kier molecular flexibility index (Phi) is 2.47. The van der Waals surface area contributed by atoms with Crippen LogP contribution in [-0.2, 0) is 6.42 Å². The highest BCUT2D eigenvalue weighted by atomic mass is 19.1. The normalized spacial score (nSPS) is 10.8. The Morgan fingerprint density at radius 2 is 2.27 bits per heavy atom. The minimum atomic E-state index is -0.607. The van der Waals surface area contributed by atoms with E-state index >= 15 is 0 Å². The summed E-state index contributed by atoms with van der Waals surface area (Å²) in [6.07, 6.45) is 0.516. The van der Waals surface area contributed by atoms with E-state index in [0.717, 1.165) is 4.40 Å². The summed E-state index contributed by atoms with van der Waals surface area (Å²) >= 11 is 0. The lowest BCUT2D eigenvalue weighted by molar-refractivity contribution is 0.558. The summed E-state index contributed by atoms with van der Waals surface area (Å²) in [7, 11) is 0. The summed E-state index contributed by atoms with van der Waals surface area (Å²) in [5.74, 6) is -0.607. The van der Waals surface area contributed by atoms with Crippen molar-refractivity contribution < 1.29 is 4.39 Å². The number of hydrogen-bond acceptors (Lipinski definition) is 3. The van der Waals surface area contributed by atoms with Crippen molar-refractivity contribution in [2.75, 3.05) is 6.54 Å². The van der Waals surface area contributed by atoms with Gasteiger partial charge in [-0.15, -0.1) is 0 Å². The Labute approximate surface area is 85.2 Å². The molecule has 78 valence electrons. The van der Waals surface area contributed by atoms with Gasteiger partial charge in [-0.1, -0.05) is 6.07 Å². The molecule has 0 atom stereocenters. The first-order chi connectivity index (χ1) is 7.22. The molecule has 0 radical (unpaired) electrons. The van der Waals surface area contributed by atoms with Crippen molar-refractivity contribution in [1.29, 1.82) is 0 Å². The summed E-state index contributed by atoms with van der Waals surface area (Å²) < 4.78 is 14.2. The average molecular weight is 207 g/mol. The molecule has 0 aliphatic carbocycles. The quantitative estimate of drug-likeness (QED) is 0.722. The molecule has 2 aromatic heterocycles. The highest BCUT2D eigenvalue weighted by molar-refractivity contribution is 5.38. The summed E-state index contributed by atoms with van der Waals surface area (Å²) in [6, 6.07) is 5.63. The Morgan fingerprint density at radius 3 is 3.00 bits per heavy atom. The van der Waals surface area contributed by atoms with Crippen LogP contribution in [0.4, 0.5) is 4.39 Å². The standard InChI is InChI=1S/C10H10FN3O/c11-8-2-1-3-9-13-7(4-5-12)6-10(15)14(8)9/h1-3,6H,4-5,12H2. The van der Waals surface area contributed by atoms with Gasteiger partial charge in [-0.3, -0.25) is 4.79 Å². The highest BCUT2D eigenvalue weighted by Crippen LogP contribution is 2.02. The first kappa shape index (κ1) is 9.79. The SMILES string of the molecule is NCCc1cc(=O)n2c(F)cccc2n1. The van der Waals surface area contributed by atoms with Crippen LogP contribution < -0.4 is 11.3 Å². The number of aromatic nitrogens is 2. The number of nitrogens with two attached hydrogens (primary N) is 1. The minimum Gasteiger partial charge on any atom is -0.330 e. The molecule has 0 fully saturated rings. The molecule has 15 heavy (non-hydrogen) atoms. The molecule has 0 spiro atoms. The van der Waals surface area contributed by atoms with Crippen LogP contribution in [0.3, 0.4) is 0 Å². The molecule has 0 aromatic carbocycles. The number of pyridine rings is 1. The van der Waals surface area contributed by atoms with E-state index in [2.05, 4.69) is 4.98 Å². The van der Waals surface area contributed by atoms with Gasteiger partial charge in [-0.2, -0.15) is 4.39 Å². The van der Waals surface area contributed by atoms with Crippen molar-refractivity contribution in [1.82, 2.24) is 9.38 Å². The molecule has 0 saturated heterocycles. The van der Waals surface area contributed by atoms with Crippen molar-refractivity contribution in [3.8, 4) is 0 Å². The number of halogens is 1. The maximum atomic E-state index is 13.3. The molecule has 2 rings (SSSR count). The van der Waals surface area contributed by atoms with Crippen molar-refractivity contribution in [3.05, 3.63) is 46.3 Å². The van der Waals surface area contributed by atoms with Crippen LogP contribution in [0, 0.1) is 5.95 Å². The zero-order valence-corrected chi connectivity index (χ0v) is 7.98. The Morgan fingerprint density at radius 1 is 1.47 bits per heavy atom. The lowest BCUT2D eigenvalue weighted by atomic mass is 10.3. The highest BCUT2D eigenvalue weighted by Gasteiger charge is 2.04. The predicted octanol–water partition coefficient (Wildman–Crippen LogP) is 0.335. The van der Waals surface area contributed by atoms with Gasteiger partial charge in [0.15, 0.2) is 0 Å². The van der Waals surface area contributed by atoms with E-state index in [9.17, 15) is 9.18 Å². The van der Waals surface area contributed by atoms with Gasteiger partial charge >= 0.3 is 0 Å². The van der Waals surface area contributed by atoms with E-state index in [0.29, 0.717) is 24.3 Å². The molecule has 0 amide bonds. The molecule has 2 heterocycles. The fraction of sp³-hybridized carbons (Fsp3) is 0.200. The first-order valence-corrected chi connectivity index (χ1v) is 4.59. The van der Waals surface area contributed by atoms with Gasteiger partial charge in [-0.05, 0) is 18.7 Å². The minimum absolute atomic E-state index is 0.311. The van der Waals surface area contributed by atoms with Gasteiger partial charge < -0.3 is 5.73 Å². The lowest BCUT2D eigenvalue weighted by Crippen LogP contribution is -2.19. The molecule has 2 N–H and O–H groups in total. The van der Waals surface area contributed by atoms with Gasteiger partial charge in [0.25, 0.3) is 5.56 Å². The van der Waals surface area contributed by atoms with E-state index in [1.54, 1.807) is 6.07 Å². The topological polar surface area (TPSA) is 60.4 Å². The van der Waals surface area contributed by atoms with Crippen LogP contribution in [0.1, 0.15) is 5.69 Å². The van der Waals surface area contributed by atoms with Crippen LogP contribution >= 0.6 is 0 Å². The molecule has 0 aliphatic heterocycles. The summed E-state index contributed by atoms with van der Waals surface area (Å²) in [6.45, 7) is 0.415. The van der Waals surface area contributed by atoms with Crippen LogP contribution in [0.25, 0.3) is 5.65 Å². The summed E-state index contributed by atoms with van der Waals surface area (Å²) in [5, 5.41) is 0. The van der Waals surface area contributed by atoms with E-state index in [-0.39, 0.29) is 0 Å². The third-order valence-corrected chi connectivity index (χ3v) is 2.09. The number of hydrogen-bond donors (Lipinski definition) is 1. The molecule has 0 aliphatic rings. The number of nitrogens with zero attached hydrogens (tertiary/aromatic N) is 2. The Hall–Kier alpha value is -1.75. The van der Waals surface area contributed by atoms with Crippen molar-refractivity contribution in [2.24, 2.45) is 5.73 Å². The van der Waals surface area contributed by atoms with Gasteiger partial charge in [0.05, 0.1) is 0 Å². The molecule has 0 bridgehead atoms. The molecule has 0 saturated carbocycles. The van der Waals surface area contributed by atoms with E-state index in [4.69, 9.17) is 5.73 Å². The third-order valence-electron chi connectivity index (χ3n) is 2.09. The molecular weight excluding hydrogens is 197 g/mol. The number of rotatable bonds is 2. The Bertz CT molecular complexity index is 550. The van der Waals surface area contributed by atoms with Gasteiger partial charge in [0.2, 0.25) is 5.95 Å². The number of fused-ring (bicyclic) bond motifs is 1. The fourth-order valence-electron chi connectivity index (χ4n) is 1.44. The predicted molar refractivity (Wildman–Crippen MR) is 54.2 cm³/mol. The van der Waals surface area contributed by atoms with E-state index in [1.165, 1.54) is 18.2 Å². The smallest absolute Gasteiger partial charge is 0.260 e. The molecular formula is C10H10FN3O. The van der Waals surface area contributed by atoms with Gasteiger partial charge in [0, 0.05) is 18.2 Å². The maximum Gasteiger partial charge on any atom is 0.260 e. The van der Waals surface area contributed by atoms with Crippen LogP contribution in [0.2, 0.25) is 0 Å². The Balaban J connectivity index is 2.73. The molecule has 0 unspecified atom stereocenters. The zero-order chi connectivity index (χ0) is 10.8. The maximum absolute atomic E-state index is 13.3. The van der Waals surface area contributed by atoms with Crippen molar-refractivity contribution in [2.45, 2.75) is 6.42 Å². The summed E-state index contributed by atoms with van der Waals surface area (Å²) in [5.41, 5.74) is 5.85. The van der Waals surface area contributed by atoms with Crippen LogP contribution in [-0.4, -0.2) is 15.9 Å². The van der Waals surface area contributed by atoms with Crippen LogP contribution in [0.15, 0.2) is 29.1 Å². The molecule has 4 nitrogen and oxygen atoms in total. The lowest BCUT2D eigenvalue weighted by Gasteiger charge is -2.03. The van der Waals surface area contributed by atoms with Crippen LogP contribution in [0.5, 0.6) is 0 Å². The van der Waals surface area contributed by atoms with E-state index in [1.807, 2.05) is 0 Å². The third kappa shape index (κ3) is 1.73. The monoisotopic (exact) mass is 207 g/mol. The zero-order valence-electron chi connectivity index (χ0n) is 7.98. The summed E-state index contributed by atoms with van der Waals surface area (Å²) in [4.78, 5) is 15.7. The largest absolute Gasteiger partial charge is 0.330 e. The van der Waals surface area contributed by atoms with Crippen molar-refractivity contribution >= 4 is 5.65 Å². The fourth-order valence-corrected chi connectivity index (χ4v) is 1.44. The molecule has 5 heteroatoms. The second-order valence-corrected chi connectivity index (χ2v) is 3.17. The van der Waals surface area contributed by atoms with Gasteiger partial charge in [0.1, 0.15) is 5.65 Å². The molecule has 2 aromatic rings. The second-order valence-electron chi connectivity index (χ2n) is 3.17. The van der Waals surface area contributed by atoms with Gasteiger partial charge in [-0.25, -0.2) is 9.38 Å². The van der Waals surface area contributed by atoms with Crippen molar-refractivity contribution in [3.63, 3.8) is 0 Å². The van der Waals surface area contributed by atoms with E-state index < -0.39 is 11.5 Å². The average Bonchev–Trinajstić information content (AvgIpc) is 2.17. The first-order valence-electron chi connectivity index (χ1n) is 4.59.